The van der Waals surface area contributed by atoms with Crippen LogP contribution in [0.4, 0.5) is 4.39 Å². The van der Waals surface area contributed by atoms with Gasteiger partial charge in [0.1, 0.15) is 0 Å². The number of piperidine rings is 1. The van der Waals surface area contributed by atoms with Gasteiger partial charge in [0, 0.05) is 47.2 Å². The highest BCUT2D eigenvalue weighted by molar-refractivity contribution is 5.92. The number of ether oxygens (including phenoxy) is 1. The summed E-state index contributed by atoms with van der Waals surface area (Å²) in [4.78, 5) is 18.5. The Balaban J connectivity index is 1.37. The predicted octanol–water partition coefficient (Wildman–Crippen LogP) is 5.98. The molecule has 1 fully saturated rings. The van der Waals surface area contributed by atoms with Crippen molar-refractivity contribution >= 4 is 10.9 Å². The molecule has 7 heteroatoms. The van der Waals surface area contributed by atoms with Gasteiger partial charge in [0.25, 0.3) is 0 Å². The standard InChI is InChI=1S/C28H32FN5O/c1-17(2)25-23-13-21(5-6-24(23)33-27(25)22-7-10-30-18(3)26(22)29)20-8-11-34(12-9-20)16-19-14-31-28(35-4)32-15-19/h5-7,10,13-15,17,20,33H,8-9,11-12,16H2,1-4H3. The van der Waals surface area contributed by atoms with Gasteiger partial charge in [-0.2, -0.15) is 0 Å². The predicted molar refractivity (Wildman–Crippen MR) is 136 cm³/mol. The molecule has 5 rings (SSSR count). The van der Waals surface area contributed by atoms with Crippen LogP contribution in [0, 0.1) is 12.7 Å². The van der Waals surface area contributed by atoms with E-state index in [0.29, 0.717) is 23.2 Å². The molecule has 182 valence electrons. The van der Waals surface area contributed by atoms with E-state index in [9.17, 15) is 4.39 Å². The second kappa shape index (κ2) is 9.74. The number of methoxy groups -OCH3 is 1. The summed E-state index contributed by atoms with van der Waals surface area (Å²) in [6, 6.07) is 8.89. The summed E-state index contributed by atoms with van der Waals surface area (Å²) in [7, 11) is 1.58. The lowest BCUT2D eigenvalue weighted by molar-refractivity contribution is 0.204. The lowest BCUT2D eigenvalue weighted by Crippen LogP contribution is -2.32. The van der Waals surface area contributed by atoms with E-state index in [2.05, 4.69) is 56.9 Å². The topological polar surface area (TPSA) is 66.9 Å². The van der Waals surface area contributed by atoms with Crippen molar-refractivity contribution in [3.05, 3.63) is 71.1 Å². The Labute approximate surface area is 205 Å². The molecule has 0 amide bonds. The molecule has 1 N–H and O–H groups in total. The third-order valence-corrected chi connectivity index (χ3v) is 7.10. The molecule has 1 aliphatic heterocycles. The van der Waals surface area contributed by atoms with E-state index < -0.39 is 0 Å². The Morgan fingerprint density at radius 2 is 1.86 bits per heavy atom. The number of aryl methyl sites for hydroxylation is 1. The van der Waals surface area contributed by atoms with E-state index >= 15 is 0 Å². The maximum atomic E-state index is 15.0. The quantitative estimate of drug-likeness (QED) is 0.373. The minimum atomic E-state index is -0.254. The summed E-state index contributed by atoms with van der Waals surface area (Å²) >= 11 is 0. The molecule has 0 bridgehead atoms. The van der Waals surface area contributed by atoms with Crippen LogP contribution in [-0.2, 0) is 6.54 Å². The maximum absolute atomic E-state index is 15.0. The third kappa shape index (κ3) is 4.65. The molecule has 4 heterocycles. The van der Waals surface area contributed by atoms with Gasteiger partial charge in [-0.15, -0.1) is 0 Å². The second-order valence-corrected chi connectivity index (χ2v) is 9.76. The number of aromatic nitrogens is 4. The SMILES string of the molecule is COc1ncc(CN2CCC(c3ccc4[nH]c(-c5ccnc(C)c5F)c(C(C)C)c4c3)CC2)cn1. The van der Waals surface area contributed by atoms with E-state index in [1.165, 1.54) is 16.5 Å². The molecular weight excluding hydrogens is 441 g/mol. The van der Waals surface area contributed by atoms with E-state index in [-0.39, 0.29) is 11.7 Å². The van der Waals surface area contributed by atoms with Crippen LogP contribution in [0.3, 0.4) is 0 Å². The van der Waals surface area contributed by atoms with Gasteiger partial charge in [-0.1, -0.05) is 19.9 Å². The highest BCUT2D eigenvalue weighted by Crippen LogP contribution is 2.39. The molecule has 35 heavy (non-hydrogen) atoms. The summed E-state index contributed by atoms with van der Waals surface area (Å²) < 4.78 is 20.0. The molecular formula is C28H32FN5O. The Morgan fingerprint density at radius 3 is 2.54 bits per heavy atom. The molecule has 4 aromatic rings. The number of H-pyrrole nitrogens is 1. The summed E-state index contributed by atoms with van der Waals surface area (Å²) in [6.07, 6.45) is 7.58. The van der Waals surface area contributed by atoms with Crippen molar-refractivity contribution in [1.29, 1.82) is 0 Å². The van der Waals surface area contributed by atoms with Crippen molar-refractivity contribution in [2.75, 3.05) is 20.2 Å². The minimum absolute atomic E-state index is 0.254. The number of hydrogen-bond acceptors (Lipinski definition) is 5. The average Bonchev–Trinajstić information content (AvgIpc) is 3.25. The van der Waals surface area contributed by atoms with Crippen LogP contribution in [0.25, 0.3) is 22.2 Å². The molecule has 0 unspecified atom stereocenters. The zero-order valence-electron chi connectivity index (χ0n) is 20.8. The van der Waals surface area contributed by atoms with E-state index in [0.717, 1.165) is 49.2 Å². The molecule has 1 saturated heterocycles. The number of nitrogens with zero attached hydrogens (tertiary/aromatic N) is 4. The number of halogens is 1. The fourth-order valence-electron chi connectivity index (χ4n) is 5.25. The van der Waals surface area contributed by atoms with Crippen LogP contribution < -0.4 is 4.74 Å². The third-order valence-electron chi connectivity index (χ3n) is 7.10. The summed E-state index contributed by atoms with van der Waals surface area (Å²) in [5.41, 5.74) is 6.57. The number of likely N-dealkylation sites (tertiary alicyclic amines) is 1. The monoisotopic (exact) mass is 473 g/mol. The molecule has 3 aromatic heterocycles. The highest BCUT2D eigenvalue weighted by Gasteiger charge is 2.24. The van der Waals surface area contributed by atoms with Gasteiger partial charge in [-0.25, -0.2) is 14.4 Å². The number of fused-ring (bicyclic) bond motifs is 1. The smallest absolute Gasteiger partial charge is 0.316 e. The van der Waals surface area contributed by atoms with Crippen molar-refractivity contribution < 1.29 is 9.13 Å². The fourth-order valence-corrected chi connectivity index (χ4v) is 5.25. The molecule has 1 aliphatic rings. The summed E-state index contributed by atoms with van der Waals surface area (Å²) in [6.45, 7) is 8.98. The van der Waals surface area contributed by atoms with Crippen LogP contribution >= 0.6 is 0 Å². The van der Waals surface area contributed by atoms with Gasteiger partial charge < -0.3 is 9.72 Å². The van der Waals surface area contributed by atoms with Gasteiger partial charge in [-0.05, 0) is 74.0 Å². The van der Waals surface area contributed by atoms with Gasteiger partial charge in [-0.3, -0.25) is 9.88 Å². The Hall–Kier alpha value is -3.32. The number of rotatable bonds is 6. The lowest BCUT2D eigenvalue weighted by Gasteiger charge is -2.32. The largest absolute Gasteiger partial charge is 0.467 e. The van der Waals surface area contributed by atoms with Gasteiger partial charge in [0.2, 0.25) is 0 Å². The number of pyridine rings is 1. The first-order valence-electron chi connectivity index (χ1n) is 12.3. The zero-order chi connectivity index (χ0) is 24.5. The summed E-state index contributed by atoms with van der Waals surface area (Å²) in [5, 5.41) is 1.19. The van der Waals surface area contributed by atoms with Crippen LogP contribution in [0.1, 0.15) is 60.9 Å². The average molecular weight is 474 g/mol. The minimum Gasteiger partial charge on any atom is -0.467 e. The first-order chi connectivity index (χ1) is 16.9. The lowest BCUT2D eigenvalue weighted by atomic mass is 9.87. The van der Waals surface area contributed by atoms with Crippen LogP contribution in [-0.4, -0.2) is 45.0 Å². The van der Waals surface area contributed by atoms with Crippen LogP contribution in [0.2, 0.25) is 0 Å². The molecule has 0 saturated carbocycles. The zero-order valence-corrected chi connectivity index (χ0v) is 20.8. The number of hydrogen-bond donors (Lipinski definition) is 1. The van der Waals surface area contributed by atoms with E-state index in [1.807, 2.05) is 12.4 Å². The normalized spacial score (nSPS) is 15.3. The Bertz CT molecular complexity index is 1320. The maximum Gasteiger partial charge on any atom is 0.316 e. The first kappa shape index (κ1) is 23.4. The summed E-state index contributed by atoms with van der Waals surface area (Å²) in [5.74, 6) is 0.521. The molecule has 0 radical (unpaired) electrons. The van der Waals surface area contributed by atoms with Gasteiger partial charge in [0.05, 0.1) is 18.5 Å². The number of benzene rings is 1. The van der Waals surface area contributed by atoms with Crippen LogP contribution in [0.5, 0.6) is 6.01 Å². The van der Waals surface area contributed by atoms with E-state index in [1.54, 1.807) is 26.3 Å². The van der Waals surface area contributed by atoms with Crippen LogP contribution in [0.15, 0.2) is 42.9 Å². The van der Waals surface area contributed by atoms with Crippen molar-refractivity contribution in [1.82, 2.24) is 24.8 Å². The van der Waals surface area contributed by atoms with Crippen molar-refractivity contribution in [3.63, 3.8) is 0 Å². The number of aromatic amines is 1. The number of nitrogens with one attached hydrogen (secondary N) is 1. The molecule has 0 atom stereocenters. The molecule has 6 nitrogen and oxygen atoms in total. The van der Waals surface area contributed by atoms with Gasteiger partial charge in [0.15, 0.2) is 5.82 Å². The molecule has 0 aliphatic carbocycles. The van der Waals surface area contributed by atoms with Gasteiger partial charge >= 0.3 is 6.01 Å². The molecule has 0 spiro atoms. The molecule has 1 aromatic carbocycles. The van der Waals surface area contributed by atoms with Crippen molar-refractivity contribution in [2.45, 2.75) is 52.0 Å². The first-order valence-corrected chi connectivity index (χ1v) is 12.3. The van der Waals surface area contributed by atoms with E-state index in [4.69, 9.17) is 4.74 Å². The fraction of sp³-hybridized carbons (Fsp3) is 0.393. The highest BCUT2D eigenvalue weighted by atomic mass is 19.1. The Morgan fingerprint density at radius 1 is 1.11 bits per heavy atom. The van der Waals surface area contributed by atoms with Crippen molar-refractivity contribution in [3.8, 4) is 17.3 Å². The Kier molecular flexibility index (Phi) is 6.52. The van der Waals surface area contributed by atoms with Crippen molar-refractivity contribution in [2.24, 2.45) is 0 Å². The second-order valence-electron chi connectivity index (χ2n) is 9.76.